The molecule has 0 radical (unpaired) electrons. The highest BCUT2D eigenvalue weighted by Gasteiger charge is 2.24. The van der Waals surface area contributed by atoms with E-state index in [9.17, 15) is 4.79 Å². The third kappa shape index (κ3) is 2.76. The lowest BCUT2D eigenvalue weighted by Crippen LogP contribution is -2.38. The van der Waals surface area contributed by atoms with Gasteiger partial charge in [0.1, 0.15) is 0 Å². The third-order valence-corrected chi connectivity index (χ3v) is 4.25. The Bertz CT molecular complexity index is 672. The molecular weight excluding hydrogens is 262 g/mol. The number of aromatic nitrogens is 2. The van der Waals surface area contributed by atoms with Crippen LogP contribution >= 0.6 is 0 Å². The number of hydrogen-bond donors (Lipinski definition) is 1. The summed E-state index contributed by atoms with van der Waals surface area (Å²) >= 11 is 0. The van der Waals surface area contributed by atoms with E-state index in [1.807, 2.05) is 43.3 Å². The maximum Gasteiger partial charge on any atom is 0.270 e. The predicted octanol–water partition coefficient (Wildman–Crippen LogP) is 2.53. The molecule has 4 nitrogen and oxygen atoms in total. The summed E-state index contributed by atoms with van der Waals surface area (Å²) in [7, 11) is 0. The Hall–Kier alpha value is -1.94. The Morgan fingerprint density at radius 2 is 2.10 bits per heavy atom. The van der Waals surface area contributed by atoms with Gasteiger partial charge in [0.2, 0.25) is 0 Å². The molecule has 0 amide bonds. The largest absolute Gasteiger partial charge is 0.312 e. The number of nitrogens with zero attached hydrogens (tertiary/aromatic N) is 2. The normalized spacial score (nSPS) is 19.6. The van der Waals surface area contributed by atoms with Gasteiger partial charge in [-0.3, -0.25) is 4.79 Å². The van der Waals surface area contributed by atoms with Crippen LogP contribution in [-0.2, 0) is 0 Å². The molecule has 4 heteroatoms. The van der Waals surface area contributed by atoms with Crippen LogP contribution in [0.25, 0.3) is 11.3 Å². The van der Waals surface area contributed by atoms with Crippen LogP contribution in [0.3, 0.4) is 0 Å². The number of hydrogen-bond acceptors (Lipinski definition) is 3. The van der Waals surface area contributed by atoms with Crippen molar-refractivity contribution >= 4 is 0 Å². The average Bonchev–Trinajstić information content (AvgIpc) is 3.04. The van der Waals surface area contributed by atoms with Gasteiger partial charge >= 0.3 is 0 Å². The van der Waals surface area contributed by atoms with Gasteiger partial charge in [-0.05, 0) is 39.3 Å². The second kappa shape index (κ2) is 5.82. The minimum Gasteiger partial charge on any atom is -0.312 e. The molecule has 1 aromatic heterocycles. The molecule has 0 spiro atoms. The zero-order chi connectivity index (χ0) is 14.8. The van der Waals surface area contributed by atoms with Gasteiger partial charge in [-0.1, -0.05) is 30.3 Å². The van der Waals surface area contributed by atoms with E-state index in [2.05, 4.69) is 17.3 Å². The van der Waals surface area contributed by atoms with Crippen molar-refractivity contribution in [3.05, 3.63) is 52.3 Å². The lowest BCUT2D eigenvalue weighted by atomic mass is 10.1. The molecule has 1 N–H and O–H groups in total. The summed E-state index contributed by atoms with van der Waals surface area (Å²) in [6.45, 7) is 4.97. The van der Waals surface area contributed by atoms with Crippen LogP contribution in [0.4, 0.5) is 0 Å². The van der Waals surface area contributed by atoms with Crippen molar-refractivity contribution < 1.29 is 0 Å². The lowest BCUT2D eigenvalue weighted by Gasteiger charge is -2.22. The number of rotatable bonds is 3. The summed E-state index contributed by atoms with van der Waals surface area (Å²) in [6.07, 6.45) is 2.27. The van der Waals surface area contributed by atoms with Gasteiger partial charge in [-0.25, -0.2) is 4.68 Å². The molecule has 1 aliphatic heterocycles. The molecule has 0 saturated carbocycles. The molecule has 2 aromatic rings. The van der Waals surface area contributed by atoms with E-state index >= 15 is 0 Å². The molecule has 1 aromatic carbocycles. The van der Waals surface area contributed by atoms with Crippen molar-refractivity contribution in [2.75, 3.05) is 6.54 Å². The zero-order valence-electron chi connectivity index (χ0n) is 12.5. The first kappa shape index (κ1) is 14.0. The molecular formula is C17H21N3O. The molecule has 110 valence electrons. The summed E-state index contributed by atoms with van der Waals surface area (Å²) in [6, 6.07) is 12.3. The number of nitrogens with one attached hydrogen (secondary N) is 1. The molecule has 1 saturated heterocycles. The monoisotopic (exact) mass is 283 g/mol. The van der Waals surface area contributed by atoms with Gasteiger partial charge in [0.15, 0.2) is 0 Å². The minimum absolute atomic E-state index is 0.0101. The van der Waals surface area contributed by atoms with E-state index in [0.29, 0.717) is 6.04 Å². The molecule has 1 fully saturated rings. The van der Waals surface area contributed by atoms with Crippen molar-refractivity contribution in [1.82, 2.24) is 15.1 Å². The van der Waals surface area contributed by atoms with E-state index in [4.69, 9.17) is 0 Å². The Morgan fingerprint density at radius 1 is 1.33 bits per heavy atom. The standard InChI is InChI=1S/C17H21N3O/c1-12-11-16(14-7-4-3-5-8-14)19-20(17(12)21)13(2)15-9-6-10-18-15/h3-5,7-8,11,13,15,18H,6,9-10H2,1-2H3. The van der Waals surface area contributed by atoms with Gasteiger partial charge < -0.3 is 5.32 Å². The molecule has 21 heavy (non-hydrogen) atoms. The smallest absolute Gasteiger partial charge is 0.270 e. The molecule has 1 aliphatic rings. The van der Waals surface area contributed by atoms with Crippen LogP contribution in [0.5, 0.6) is 0 Å². The van der Waals surface area contributed by atoms with Crippen molar-refractivity contribution in [3.63, 3.8) is 0 Å². The van der Waals surface area contributed by atoms with Gasteiger partial charge in [0, 0.05) is 17.2 Å². The third-order valence-electron chi connectivity index (χ3n) is 4.25. The van der Waals surface area contributed by atoms with Crippen LogP contribution in [-0.4, -0.2) is 22.4 Å². The summed E-state index contributed by atoms with van der Waals surface area (Å²) in [5.41, 5.74) is 2.66. The molecule has 2 atom stereocenters. The number of benzene rings is 1. The van der Waals surface area contributed by atoms with Crippen molar-refractivity contribution in [1.29, 1.82) is 0 Å². The van der Waals surface area contributed by atoms with E-state index in [-0.39, 0.29) is 11.6 Å². The van der Waals surface area contributed by atoms with E-state index < -0.39 is 0 Å². The van der Waals surface area contributed by atoms with Crippen molar-refractivity contribution in [2.24, 2.45) is 0 Å². The molecule has 0 bridgehead atoms. The van der Waals surface area contributed by atoms with Gasteiger partial charge in [0.05, 0.1) is 11.7 Å². The molecule has 2 heterocycles. The first-order chi connectivity index (χ1) is 10.2. The molecule has 0 aliphatic carbocycles. The Morgan fingerprint density at radius 3 is 2.76 bits per heavy atom. The highest BCUT2D eigenvalue weighted by atomic mass is 16.1. The Labute approximate surface area is 124 Å². The van der Waals surface area contributed by atoms with E-state index in [0.717, 1.165) is 29.8 Å². The number of aryl methyl sites for hydroxylation is 1. The summed E-state index contributed by atoms with van der Waals surface area (Å²) in [5, 5.41) is 8.07. The van der Waals surface area contributed by atoms with Crippen LogP contribution in [0.15, 0.2) is 41.2 Å². The van der Waals surface area contributed by atoms with E-state index in [1.54, 1.807) is 4.68 Å². The summed E-state index contributed by atoms with van der Waals surface area (Å²) < 4.78 is 1.65. The Kier molecular flexibility index (Phi) is 3.88. The topological polar surface area (TPSA) is 46.9 Å². The van der Waals surface area contributed by atoms with Crippen LogP contribution in [0.1, 0.15) is 31.4 Å². The summed E-state index contributed by atoms with van der Waals surface area (Å²) in [5.74, 6) is 0. The van der Waals surface area contributed by atoms with Gasteiger partial charge in [-0.2, -0.15) is 5.10 Å². The summed E-state index contributed by atoms with van der Waals surface area (Å²) in [4.78, 5) is 12.4. The maximum atomic E-state index is 12.4. The minimum atomic E-state index is 0.0101. The maximum absolute atomic E-state index is 12.4. The average molecular weight is 283 g/mol. The van der Waals surface area contributed by atoms with Gasteiger partial charge in [-0.15, -0.1) is 0 Å². The van der Waals surface area contributed by atoms with Crippen molar-refractivity contribution in [3.8, 4) is 11.3 Å². The second-order valence-corrected chi connectivity index (χ2v) is 5.77. The van der Waals surface area contributed by atoms with Crippen molar-refractivity contribution in [2.45, 2.75) is 38.8 Å². The molecule has 3 rings (SSSR count). The Balaban J connectivity index is 2.04. The van der Waals surface area contributed by atoms with Gasteiger partial charge in [0.25, 0.3) is 5.56 Å². The SMILES string of the molecule is Cc1cc(-c2ccccc2)nn(C(C)C2CCCN2)c1=O. The fraction of sp³-hybridized carbons (Fsp3) is 0.412. The lowest BCUT2D eigenvalue weighted by molar-refractivity contribution is 0.365. The highest BCUT2D eigenvalue weighted by Crippen LogP contribution is 2.20. The van der Waals surface area contributed by atoms with Crippen LogP contribution in [0.2, 0.25) is 0 Å². The quantitative estimate of drug-likeness (QED) is 0.941. The molecule has 2 unspecified atom stereocenters. The predicted molar refractivity (Wildman–Crippen MR) is 84.4 cm³/mol. The van der Waals surface area contributed by atoms with Crippen LogP contribution in [0, 0.1) is 6.92 Å². The highest BCUT2D eigenvalue weighted by molar-refractivity contribution is 5.58. The zero-order valence-corrected chi connectivity index (χ0v) is 12.5. The van der Waals surface area contributed by atoms with E-state index in [1.165, 1.54) is 6.42 Å². The first-order valence-corrected chi connectivity index (χ1v) is 7.56. The first-order valence-electron chi connectivity index (χ1n) is 7.56. The second-order valence-electron chi connectivity index (χ2n) is 5.77. The fourth-order valence-electron chi connectivity index (χ4n) is 2.96. The fourth-order valence-corrected chi connectivity index (χ4v) is 2.96. The van der Waals surface area contributed by atoms with Crippen LogP contribution < -0.4 is 10.9 Å².